The molecular formula is C15H23NO4P+. The van der Waals surface area contributed by atoms with Crippen molar-refractivity contribution in [1.82, 2.24) is 5.06 Å². The van der Waals surface area contributed by atoms with E-state index in [1.807, 2.05) is 18.2 Å². The lowest BCUT2D eigenvalue weighted by atomic mass is 10.1. The second kappa shape index (κ2) is 10.4. The first kappa shape index (κ1) is 17.8. The van der Waals surface area contributed by atoms with Crippen LogP contribution in [0.4, 0.5) is 0 Å². The molecule has 116 valence electrons. The lowest BCUT2D eigenvalue weighted by Crippen LogP contribution is -2.30. The van der Waals surface area contributed by atoms with Gasteiger partial charge >= 0.3 is 8.03 Å². The maximum atomic E-state index is 11.4. The lowest BCUT2D eigenvalue weighted by Gasteiger charge is -2.19. The lowest BCUT2D eigenvalue weighted by molar-refractivity contribution is -0.184. The molecule has 1 N–H and O–H groups in total. The smallest absolute Gasteiger partial charge is 0.273 e. The largest absolute Gasteiger partial charge is 0.505 e. The fourth-order valence-corrected chi connectivity index (χ4v) is 2.33. The molecule has 0 fully saturated rings. The molecule has 21 heavy (non-hydrogen) atoms. The SMILES string of the molecule is CC(=O)N(CCC[P+](=O)O)OCCCCc1ccccc1. The highest BCUT2D eigenvalue weighted by Crippen LogP contribution is 2.14. The second-order valence-electron chi connectivity index (χ2n) is 4.83. The summed E-state index contributed by atoms with van der Waals surface area (Å²) in [5.74, 6) is -0.175. The van der Waals surface area contributed by atoms with E-state index in [4.69, 9.17) is 9.73 Å². The molecule has 0 heterocycles. The molecule has 1 unspecified atom stereocenters. The molecule has 0 radical (unpaired) electrons. The molecule has 5 nitrogen and oxygen atoms in total. The Morgan fingerprint density at radius 1 is 1.24 bits per heavy atom. The quantitative estimate of drug-likeness (QED) is 0.410. The van der Waals surface area contributed by atoms with Crippen LogP contribution in [0.1, 0.15) is 31.7 Å². The number of hydroxylamine groups is 2. The van der Waals surface area contributed by atoms with Crippen LogP contribution in [0, 0.1) is 0 Å². The summed E-state index contributed by atoms with van der Waals surface area (Å²) < 4.78 is 10.6. The zero-order valence-corrected chi connectivity index (χ0v) is 13.3. The molecule has 0 spiro atoms. The first-order valence-corrected chi connectivity index (χ1v) is 8.58. The van der Waals surface area contributed by atoms with E-state index in [1.54, 1.807) is 0 Å². The number of amides is 1. The van der Waals surface area contributed by atoms with Gasteiger partial charge < -0.3 is 0 Å². The Balaban J connectivity index is 2.15. The van der Waals surface area contributed by atoms with E-state index in [0.29, 0.717) is 19.6 Å². The van der Waals surface area contributed by atoms with Crippen molar-refractivity contribution in [3.8, 4) is 0 Å². The highest BCUT2D eigenvalue weighted by atomic mass is 31.1. The van der Waals surface area contributed by atoms with Crippen LogP contribution >= 0.6 is 8.03 Å². The number of hydrogen-bond acceptors (Lipinski definition) is 3. The Bertz CT molecular complexity index is 439. The fraction of sp³-hybridized carbons (Fsp3) is 0.533. The second-order valence-corrected chi connectivity index (χ2v) is 5.98. The van der Waals surface area contributed by atoms with E-state index >= 15 is 0 Å². The van der Waals surface area contributed by atoms with E-state index in [2.05, 4.69) is 12.1 Å². The third-order valence-electron chi connectivity index (χ3n) is 3.01. The minimum absolute atomic E-state index is 0.175. The Morgan fingerprint density at radius 3 is 2.57 bits per heavy atom. The summed E-state index contributed by atoms with van der Waals surface area (Å²) in [6.45, 7) is 2.27. The number of unbranched alkanes of at least 4 members (excludes halogenated alkanes) is 1. The molecule has 0 aliphatic heterocycles. The van der Waals surface area contributed by atoms with Crippen molar-refractivity contribution in [3.63, 3.8) is 0 Å². The summed E-state index contributed by atoms with van der Waals surface area (Å²) in [6.07, 6.45) is 3.52. The van der Waals surface area contributed by atoms with E-state index in [9.17, 15) is 9.36 Å². The molecule has 0 aliphatic rings. The number of hydrogen-bond donors (Lipinski definition) is 1. The summed E-state index contributed by atoms with van der Waals surface area (Å²) in [5.41, 5.74) is 1.30. The summed E-state index contributed by atoms with van der Waals surface area (Å²) in [6, 6.07) is 10.2. The van der Waals surface area contributed by atoms with Gasteiger partial charge in [-0.3, -0.25) is 9.63 Å². The number of rotatable bonds is 10. The van der Waals surface area contributed by atoms with Crippen molar-refractivity contribution in [2.24, 2.45) is 0 Å². The molecular weight excluding hydrogens is 289 g/mol. The van der Waals surface area contributed by atoms with Crippen LogP contribution in [-0.2, 0) is 20.6 Å². The van der Waals surface area contributed by atoms with E-state index in [-0.39, 0.29) is 12.1 Å². The number of nitrogens with zero attached hydrogens (tertiary/aromatic N) is 1. The summed E-state index contributed by atoms with van der Waals surface area (Å²) in [5, 5.41) is 1.28. The highest BCUT2D eigenvalue weighted by molar-refractivity contribution is 7.37. The number of carbonyl (C=O) groups excluding carboxylic acids is 1. The van der Waals surface area contributed by atoms with Crippen LogP contribution in [0.5, 0.6) is 0 Å². The van der Waals surface area contributed by atoms with Crippen molar-refractivity contribution >= 4 is 13.9 Å². The zero-order valence-electron chi connectivity index (χ0n) is 12.4. The Hall–Kier alpha value is -1.29. The van der Waals surface area contributed by atoms with Crippen molar-refractivity contribution in [2.45, 2.75) is 32.6 Å². The molecule has 1 aromatic carbocycles. The van der Waals surface area contributed by atoms with Crippen LogP contribution in [0.25, 0.3) is 0 Å². The molecule has 1 atom stereocenters. The summed E-state index contributed by atoms with van der Waals surface area (Å²) in [4.78, 5) is 25.5. The van der Waals surface area contributed by atoms with Crippen molar-refractivity contribution < 1.29 is 19.1 Å². The minimum Gasteiger partial charge on any atom is -0.273 e. The van der Waals surface area contributed by atoms with Gasteiger partial charge in [0.05, 0.1) is 13.2 Å². The monoisotopic (exact) mass is 312 g/mol. The average Bonchev–Trinajstić information content (AvgIpc) is 2.45. The molecule has 1 aromatic rings. The van der Waals surface area contributed by atoms with Gasteiger partial charge in [0, 0.05) is 13.3 Å². The minimum atomic E-state index is -2.14. The van der Waals surface area contributed by atoms with Crippen molar-refractivity contribution in [3.05, 3.63) is 35.9 Å². The van der Waals surface area contributed by atoms with Crippen LogP contribution in [0.3, 0.4) is 0 Å². The van der Waals surface area contributed by atoms with Crippen molar-refractivity contribution in [2.75, 3.05) is 19.3 Å². The van der Waals surface area contributed by atoms with Crippen LogP contribution in [0.2, 0.25) is 0 Å². The maximum absolute atomic E-state index is 11.4. The number of aryl methyl sites for hydroxylation is 1. The molecule has 6 heteroatoms. The van der Waals surface area contributed by atoms with Crippen LogP contribution < -0.4 is 0 Å². The van der Waals surface area contributed by atoms with Gasteiger partial charge in [0.1, 0.15) is 0 Å². The van der Waals surface area contributed by atoms with Gasteiger partial charge in [0.15, 0.2) is 6.16 Å². The number of carbonyl (C=O) groups is 1. The average molecular weight is 312 g/mol. The van der Waals surface area contributed by atoms with Gasteiger partial charge in [-0.15, -0.1) is 0 Å². The summed E-state index contributed by atoms with van der Waals surface area (Å²) >= 11 is 0. The molecule has 0 aromatic heterocycles. The third kappa shape index (κ3) is 8.56. The maximum Gasteiger partial charge on any atom is 0.505 e. The van der Waals surface area contributed by atoms with Gasteiger partial charge in [-0.25, -0.2) is 5.06 Å². The molecule has 1 rings (SSSR count). The normalized spacial score (nSPS) is 11.2. The molecule has 0 saturated carbocycles. The van der Waals surface area contributed by atoms with Gasteiger partial charge in [0.2, 0.25) is 5.91 Å². The Morgan fingerprint density at radius 2 is 1.95 bits per heavy atom. The van der Waals surface area contributed by atoms with Gasteiger partial charge in [-0.1, -0.05) is 30.3 Å². The van der Waals surface area contributed by atoms with Gasteiger partial charge in [0.25, 0.3) is 0 Å². The first-order chi connectivity index (χ1) is 10.1. The Labute approximate surface area is 126 Å². The van der Waals surface area contributed by atoms with Crippen LogP contribution in [-0.4, -0.2) is 35.2 Å². The molecule has 1 amide bonds. The fourth-order valence-electron chi connectivity index (χ4n) is 1.91. The number of benzene rings is 1. The predicted octanol–water partition coefficient (Wildman–Crippen LogP) is 2.91. The topological polar surface area (TPSA) is 66.8 Å². The molecule has 0 bridgehead atoms. The van der Waals surface area contributed by atoms with Gasteiger partial charge in [-0.05, 0) is 29.4 Å². The van der Waals surface area contributed by atoms with E-state index in [0.717, 1.165) is 19.3 Å². The Kier molecular flexibility index (Phi) is 8.83. The van der Waals surface area contributed by atoms with Crippen molar-refractivity contribution in [1.29, 1.82) is 0 Å². The highest BCUT2D eigenvalue weighted by Gasteiger charge is 2.14. The van der Waals surface area contributed by atoms with E-state index in [1.165, 1.54) is 17.6 Å². The first-order valence-electron chi connectivity index (χ1n) is 7.18. The zero-order chi connectivity index (χ0) is 15.5. The van der Waals surface area contributed by atoms with Gasteiger partial charge in [-0.2, -0.15) is 4.89 Å². The van der Waals surface area contributed by atoms with Crippen LogP contribution in [0.15, 0.2) is 30.3 Å². The molecule has 0 aliphatic carbocycles. The summed E-state index contributed by atoms with van der Waals surface area (Å²) in [7, 11) is -2.14. The molecule has 0 saturated heterocycles. The van der Waals surface area contributed by atoms with E-state index < -0.39 is 8.03 Å². The standard InChI is InChI=1S/C15H22NO4P/c1-14(17)16(11-7-13-21(18)19)20-12-6-5-10-15-8-3-2-4-9-15/h2-4,8-9H,5-7,10-13H2,1H3/p+1. The predicted molar refractivity (Wildman–Crippen MR) is 82.0 cm³/mol. The third-order valence-corrected chi connectivity index (χ3v) is 3.71.